The van der Waals surface area contributed by atoms with E-state index in [1.807, 2.05) is 6.92 Å². The number of hydrogen-bond donors (Lipinski definition) is 2. The standard InChI is InChI=1S/C7H10ClN3O/c1-2-4-6(9)10-5(3-8)11-7(4)12/h2-3H2,1H3,(H3,9,10,11,12). The molecule has 12 heavy (non-hydrogen) atoms. The fourth-order valence-electron chi connectivity index (χ4n) is 0.969. The van der Waals surface area contributed by atoms with Crippen molar-refractivity contribution in [2.24, 2.45) is 0 Å². The molecule has 66 valence electrons. The van der Waals surface area contributed by atoms with Crippen molar-refractivity contribution in [1.82, 2.24) is 9.97 Å². The molecule has 1 heterocycles. The summed E-state index contributed by atoms with van der Waals surface area (Å²) >= 11 is 5.48. The summed E-state index contributed by atoms with van der Waals surface area (Å²) < 4.78 is 0. The minimum atomic E-state index is -0.194. The highest BCUT2D eigenvalue weighted by Crippen LogP contribution is 2.03. The van der Waals surface area contributed by atoms with Crippen LogP contribution in [0.4, 0.5) is 5.82 Å². The van der Waals surface area contributed by atoms with Crippen molar-refractivity contribution in [2.45, 2.75) is 19.2 Å². The van der Waals surface area contributed by atoms with E-state index in [2.05, 4.69) is 9.97 Å². The van der Waals surface area contributed by atoms with Crippen molar-refractivity contribution in [2.75, 3.05) is 5.73 Å². The number of halogens is 1. The Hall–Kier alpha value is -1.03. The molecule has 1 aromatic heterocycles. The number of anilines is 1. The molecule has 0 amide bonds. The molecule has 0 saturated carbocycles. The van der Waals surface area contributed by atoms with Gasteiger partial charge in [0.25, 0.3) is 5.56 Å². The van der Waals surface area contributed by atoms with Gasteiger partial charge in [-0.1, -0.05) is 6.92 Å². The maximum atomic E-state index is 11.2. The van der Waals surface area contributed by atoms with E-state index >= 15 is 0 Å². The Morgan fingerprint density at radius 2 is 2.33 bits per heavy atom. The summed E-state index contributed by atoms with van der Waals surface area (Å²) in [4.78, 5) is 17.7. The van der Waals surface area contributed by atoms with Crippen LogP contribution in [0, 0.1) is 0 Å². The van der Waals surface area contributed by atoms with E-state index in [-0.39, 0.29) is 17.3 Å². The number of rotatable bonds is 2. The summed E-state index contributed by atoms with van der Waals surface area (Å²) in [6, 6.07) is 0. The highest BCUT2D eigenvalue weighted by molar-refractivity contribution is 6.16. The summed E-state index contributed by atoms with van der Waals surface area (Å²) in [5, 5.41) is 0. The molecule has 0 aliphatic carbocycles. The number of nitrogens with two attached hydrogens (primary N) is 1. The Kier molecular flexibility index (Phi) is 2.70. The molecule has 1 aromatic rings. The van der Waals surface area contributed by atoms with Crippen LogP contribution in [-0.4, -0.2) is 9.97 Å². The van der Waals surface area contributed by atoms with Crippen LogP contribution in [0.1, 0.15) is 18.3 Å². The van der Waals surface area contributed by atoms with E-state index in [4.69, 9.17) is 17.3 Å². The Morgan fingerprint density at radius 3 is 2.75 bits per heavy atom. The fraction of sp³-hybridized carbons (Fsp3) is 0.429. The number of H-pyrrole nitrogens is 1. The third-order valence-corrected chi connectivity index (χ3v) is 1.83. The van der Waals surface area contributed by atoms with Crippen molar-refractivity contribution in [3.63, 3.8) is 0 Å². The van der Waals surface area contributed by atoms with Crippen LogP contribution < -0.4 is 11.3 Å². The molecule has 4 nitrogen and oxygen atoms in total. The maximum absolute atomic E-state index is 11.2. The molecule has 3 N–H and O–H groups in total. The quantitative estimate of drug-likeness (QED) is 0.668. The summed E-state index contributed by atoms with van der Waals surface area (Å²) in [6.07, 6.45) is 0.580. The van der Waals surface area contributed by atoms with Gasteiger partial charge in [-0.15, -0.1) is 11.6 Å². The minimum absolute atomic E-state index is 0.170. The molecule has 0 aliphatic heterocycles. The zero-order valence-corrected chi connectivity index (χ0v) is 7.48. The molecule has 0 unspecified atom stereocenters. The number of hydrogen-bond acceptors (Lipinski definition) is 3. The number of aromatic amines is 1. The van der Waals surface area contributed by atoms with Gasteiger partial charge >= 0.3 is 0 Å². The van der Waals surface area contributed by atoms with E-state index in [0.29, 0.717) is 17.8 Å². The van der Waals surface area contributed by atoms with Gasteiger partial charge in [-0.05, 0) is 6.42 Å². The third kappa shape index (κ3) is 1.58. The van der Waals surface area contributed by atoms with Gasteiger partial charge in [0.15, 0.2) is 0 Å². The molecule has 5 heteroatoms. The zero-order valence-electron chi connectivity index (χ0n) is 6.72. The average Bonchev–Trinajstić information content (AvgIpc) is 2.03. The highest BCUT2D eigenvalue weighted by Gasteiger charge is 2.05. The predicted octanol–water partition coefficient (Wildman–Crippen LogP) is 0.653. The number of nitrogens with zero attached hydrogens (tertiary/aromatic N) is 1. The lowest BCUT2D eigenvalue weighted by Gasteiger charge is -2.01. The number of alkyl halides is 1. The van der Waals surface area contributed by atoms with Gasteiger partial charge in [0.2, 0.25) is 0 Å². The van der Waals surface area contributed by atoms with Crippen LogP contribution in [-0.2, 0) is 12.3 Å². The van der Waals surface area contributed by atoms with Crippen LogP contribution in [0.5, 0.6) is 0 Å². The van der Waals surface area contributed by atoms with E-state index in [1.165, 1.54) is 0 Å². The maximum Gasteiger partial charge on any atom is 0.256 e. The van der Waals surface area contributed by atoms with E-state index in [9.17, 15) is 4.79 Å². The summed E-state index contributed by atoms with van der Waals surface area (Å²) in [5.74, 6) is 0.858. The van der Waals surface area contributed by atoms with E-state index in [0.717, 1.165) is 0 Å². The normalized spacial score (nSPS) is 10.2. The lowest BCUT2D eigenvalue weighted by Crippen LogP contribution is -2.18. The predicted molar refractivity (Wildman–Crippen MR) is 48.2 cm³/mol. The molecule has 0 atom stereocenters. The molecule has 1 rings (SSSR count). The van der Waals surface area contributed by atoms with Crippen molar-refractivity contribution < 1.29 is 0 Å². The van der Waals surface area contributed by atoms with Crippen LogP contribution in [0.2, 0.25) is 0 Å². The van der Waals surface area contributed by atoms with Crippen LogP contribution >= 0.6 is 11.6 Å². The number of aromatic nitrogens is 2. The van der Waals surface area contributed by atoms with Crippen molar-refractivity contribution >= 4 is 17.4 Å². The van der Waals surface area contributed by atoms with Crippen LogP contribution in [0.15, 0.2) is 4.79 Å². The number of nitrogen functional groups attached to an aromatic ring is 1. The Labute approximate surface area is 74.8 Å². The van der Waals surface area contributed by atoms with Crippen molar-refractivity contribution in [3.8, 4) is 0 Å². The molecular weight excluding hydrogens is 178 g/mol. The Bertz CT molecular complexity index is 334. The minimum Gasteiger partial charge on any atom is -0.383 e. The lowest BCUT2D eigenvalue weighted by molar-refractivity contribution is 0.951. The van der Waals surface area contributed by atoms with E-state index < -0.39 is 0 Å². The molecule has 0 radical (unpaired) electrons. The van der Waals surface area contributed by atoms with E-state index in [1.54, 1.807) is 0 Å². The van der Waals surface area contributed by atoms with Gasteiger partial charge in [-0.3, -0.25) is 4.79 Å². The SMILES string of the molecule is CCc1c(N)nc(CCl)[nH]c1=O. The lowest BCUT2D eigenvalue weighted by atomic mass is 10.2. The molecular formula is C7H10ClN3O. The van der Waals surface area contributed by atoms with Gasteiger partial charge in [0, 0.05) is 0 Å². The van der Waals surface area contributed by atoms with Crippen molar-refractivity contribution in [3.05, 3.63) is 21.7 Å². The first kappa shape index (κ1) is 9.06. The fourth-order valence-corrected chi connectivity index (χ4v) is 1.10. The first-order valence-electron chi connectivity index (χ1n) is 3.62. The first-order chi connectivity index (χ1) is 5.69. The zero-order chi connectivity index (χ0) is 9.14. The summed E-state index contributed by atoms with van der Waals surface area (Å²) in [6.45, 7) is 1.85. The first-order valence-corrected chi connectivity index (χ1v) is 4.16. The highest BCUT2D eigenvalue weighted by atomic mass is 35.5. The monoisotopic (exact) mass is 187 g/mol. The van der Waals surface area contributed by atoms with Crippen molar-refractivity contribution in [1.29, 1.82) is 0 Å². The molecule has 0 bridgehead atoms. The van der Waals surface area contributed by atoms with Gasteiger partial charge in [0.1, 0.15) is 11.6 Å². The Morgan fingerprint density at radius 1 is 1.67 bits per heavy atom. The van der Waals surface area contributed by atoms with Gasteiger partial charge in [0.05, 0.1) is 11.4 Å². The third-order valence-electron chi connectivity index (χ3n) is 1.58. The molecule has 0 aliphatic rings. The smallest absolute Gasteiger partial charge is 0.256 e. The van der Waals surface area contributed by atoms with Crippen LogP contribution in [0.3, 0.4) is 0 Å². The topological polar surface area (TPSA) is 71.8 Å². The summed E-state index contributed by atoms with van der Waals surface area (Å²) in [5.41, 5.74) is 5.84. The van der Waals surface area contributed by atoms with Gasteiger partial charge in [-0.2, -0.15) is 0 Å². The van der Waals surface area contributed by atoms with Gasteiger partial charge in [-0.25, -0.2) is 4.98 Å². The number of nitrogens with one attached hydrogen (secondary N) is 1. The molecule has 0 saturated heterocycles. The second kappa shape index (κ2) is 3.58. The second-order valence-corrected chi connectivity index (χ2v) is 2.63. The molecule has 0 spiro atoms. The van der Waals surface area contributed by atoms with Gasteiger partial charge < -0.3 is 10.7 Å². The Balaban J connectivity index is 3.28. The summed E-state index contributed by atoms with van der Waals surface area (Å²) in [7, 11) is 0. The average molecular weight is 188 g/mol. The van der Waals surface area contributed by atoms with Crippen LogP contribution in [0.25, 0.3) is 0 Å². The molecule has 0 fully saturated rings. The molecule has 0 aromatic carbocycles. The largest absolute Gasteiger partial charge is 0.383 e. The second-order valence-electron chi connectivity index (χ2n) is 2.36.